The Morgan fingerprint density at radius 3 is 2.59 bits per heavy atom. The molecule has 4 aromatic rings. The molecule has 2 N–H and O–H groups in total. The van der Waals surface area contributed by atoms with E-state index < -0.39 is 11.7 Å². The van der Waals surface area contributed by atoms with Crippen LogP contribution in [-0.2, 0) is 4.74 Å². The molecule has 0 saturated heterocycles. The van der Waals surface area contributed by atoms with E-state index in [-0.39, 0.29) is 0 Å². The second-order valence-electron chi connectivity index (χ2n) is 7.69. The first-order valence-corrected chi connectivity index (χ1v) is 9.28. The van der Waals surface area contributed by atoms with Crippen molar-refractivity contribution in [3.63, 3.8) is 0 Å². The van der Waals surface area contributed by atoms with Crippen molar-refractivity contribution in [3.05, 3.63) is 54.4 Å². The molecule has 4 rings (SSSR count). The van der Waals surface area contributed by atoms with Crippen LogP contribution in [0.15, 0.2) is 48.5 Å². The Hall–Kier alpha value is -3.68. The van der Waals surface area contributed by atoms with Gasteiger partial charge >= 0.3 is 6.09 Å². The molecule has 2 heterocycles. The third-order valence-electron chi connectivity index (χ3n) is 4.16. The van der Waals surface area contributed by atoms with Gasteiger partial charge in [0.2, 0.25) is 5.65 Å². The summed E-state index contributed by atoms with van der Waals surface area (Å²) in [6.45, 7) is 7.37. The van der Waals surface area contributed by atoms with E-state index in [1.165, 1.54) is 0 Å². The molecule has 0 atom stereocenters. The van der Waals surface area contributed by atoms with E-state index in [0.29, 0.717) is 17.2 Å². The van der Waals surface area contributed by atoms with Gasteiger partial charge in [0.25, 0.3) is 0 Å². The molecule has 0 aliphatic carbocycles. The number of carbonyl (C=O) groups is 1. The molecule has 0 aliphatic rings. The molecule has 2 aromatic carbocycles. The van der Waals surface area contributed by atoms with Gasteiger partial charge in [-0.05, 0) is 58.0 Å². The minimum absolute atomic E-state index is 0.506. The molecule has 0 unspecified atom stereocenters. The lowest BCUT2D eigenvalue weighted by molar-refractivity contribution is 0.0636. The molecule has 1 amide bonds. The number of aryl methyl sites for hydroxylation is 1. The predicted molar refractivity (Wildman–Crippen MR) is 113 cm³/mol. The molecule has 29 heavy (non-hydrogen) atoms. The van der Waals surface area contributed by atoms with Crippen LogP contribution < -0.4 is 10.6 Å². The third kappa shape index (κ3) is 3.96. The highest BCUT2D eigenvalue weighted by molar-refractivity contribution is 5.87. The van der Waals surface area contributed by atoms with E-state index in [1.54, 1.807) is 12.1 Å². The van der Waals surface area contributed by atoms with E-state index in [0.717, 1.165) is 22.5 Å². The van der Waals surface area contributed by atoms with Gasteiger partial charge in [0, 0.05) is 11.4 Å². The minimum Gasteiger partial charge on any atom is -0.444 e. The van der Waals surface area contributed by atoms with Crippen molar-refractivity contribution in [3.8, 4) is 0 Å². The van der Waals surface area contributed by atoms with Gasteiger partial charge in [-0.3, -0.25) is 9.72 Å². The fourth-order valence-corrected chi connectivity index (χ4v) is 3.04. The number of hydrogen-bond donors (Lipinski definition) is 2. The lowest BCUT2D eigenvalue weighted by Gasteiger charge is -2.19. The van der Waals surface area contributed by atoms with Crippen LogP contribution >= 0.6 is 0 Å². The first-order chi connectivity index (χ1) is 13.8. The maximum Gasteiger partial charge on any atom is 0.412 e. The van der Waals surface area contributed by atoms with Crippen molar-refractivity contribution in [2.75, 3.05) is 10.6 Å². The number of aromatic nitrogens is 4. The van der Waals surface area contributed by atoms with Gasteiger partial charge in [0.15, 0.2) is 5.82 Å². The van der Waals surface area contributed by atoms with Gasteiger partial charge in [-0.1, -0.05) is 18.2 Å². The molecular formula is C21H22N6O2. The average Bonchev–Trinajstić information content (AvgIpc) is 3.03. The molecule has 0 spiro atoms. The maximum atomic E-state index is 12.0. The fourth-order valence-electron chi connectivity index (χ4n) is 3.04. The highest BCUT2D eigenvalue weighted by Gasteiger charge is 2.17. The van der Waals surface area contributed by atoms with Crippen LogP contribution in [0.5, 0.6) is 0 Å². The Balaban J connectivity index is 1.66. The number of benzene rings is 2. The highest BCUT2D eigenvalue weighted by atomic mass is 16.6. The zero-order valence-corrected chi connectivity index (χ0v) is 16.7. The summed E-state index contributed by atoms with van der Waals surface area (Å²) in [5.41, 5.74) is 3.20. The van der Waals surface area contributed by atoms with Crippen LogP contribution in [0.4, 0.5) is 22.0 Å². The smallest absolute Gasteiger partial charge is 0.412 e. The highest BCUT2D eigenvalue weighted by Crippen LogP contribution is 2.25. The number of amides is 1. The quantitative estimate of drug-likeness (QED) is 0.528. The van der Waals surface area contributed by atoms with Crippen LogP contribution in [0.2, 0.25) is 0 Å². The van der Waals surface area contributed by atoms with Crippen molar-refractivity contribution in [1.82, 2.24) is 19.6 Å². The molecule has 0 bridgehead atoms. The Bertz CT molecular complexity index is 1210. The summed E-state index contributed by atoms with van der Waals surface area (Å²) < 4.78 is 7.27. The van der Waals surface area contributed by atoms with Gasteiger partial charge in [0.1, 0.15) is 11.4 Å². The zero-order chi connectivity index (χ0) is 20.6. The van der Waals surface area contributed by atoms with Crippen molar-refractivity contribution in [2.45, 2.75) is 33.3 Å². The molecule has 8 nitrogen and oxygen atoms in total. The summed E-state index contributed by atoms with van der Waals surface area (Å²) in [7, 11) is 0. The van der Waals surface area contributed by atoms with E-state index in [4.69, 9.17) is 9.72 Å². The summed E-state index contributed by atoms with van der Waals surface area (Å²) >= 11 is 0. The molecule has 0 saturated carbocycles. The summed E-state index contributed by atoms with van der Waals surface area (Å²) in [6, 6.07) is 15.2. The number of rotatable bonds is 3. The van der Waals surface area contributed by atoms with E-state index in [1.807, 2.05) is 68.5 Å². The molecule has 0 aliphatic heterocycles. The van der Waals surface area contributed by atoms with Crippen LogP contribution in [0.1, 0.15) is 26.6 Å². The van der Waals surface area contributed by atoms with Gasteiger partial charge in [-0.15, -0.1) is 10.2 Å². The molecular weight excluding hydrogens is 368 g/mol. The Morgan fingerprint density at radius 2 is 1.79 bits per heavy atom. The van der Waals surface area contributed by atoms with Crippen molar-refractivity contribution < 1.29 is 9.53 Å². The number of nitrogens with zero attached hydrogens (tertiary/aromatic N) is 4. The number of fused-ring (bicyclic) bond motifs is 3. The Labute approximate surface area is 167 Å². The Kier molecular flexibility index (Phi) is 4.54. The standard InChI is InChI=1S/C21H22N6O2/c1-13-25-26-19-18(24-16-10-5-6-11-17(16)27(13)19)22-14-8-7-9-15(12-14)23-20(28)29-21(2,3)4/h5-12H,1-4H3,(H,22,24)(H,23,28). The van der Waals surface area contributed by atoms with Gasteiger partial charge in [0.05, 0.1) is 11.0 Å². The lowest BCUT2D eigenvalue weighted by Crippen LogP contribution is -2.27. The van der Waals surface area contributed by atoms with Crippen molar-refractivity contribution in [1.29, 1.82) is 0 Å². The third-order valence-corrected chi connectivity index (χ3v) is 4.16. The summed E-state index contributed by atoms with van der Waals surface area (Å²) in [4.78, 5) is 16.7. The summed E-state index contributed by atoms with van der Waals surface area (Å²) in [5.74, 6) is 1.36. The molecule has 2 aromatic heterocycles. The van der Waals surface area contributed by atoms with Gasteiger partial charge < -0.3 is 10.1 Å². The normalized spacial score (nSPS) is 11.6. The number of nitrogens with one attached hydrogen (secondary N) is 2. The maximum absolute atomic E-state index is 12.0. The van der Waals surface area contributed by atoms with Crippen LogP contribution in [0, 0.1) is 6.92 Å². The Morgan fingerprint density at radius 1 is 1.03 bits per heavy atom. The first kappa shape index (κ1) is 18.7. The monoisotopic (exact) mass is 390 g/mol. The SMILES string of the molecule is Cc1nnc2c(Nc3cccc(NC(=O)OC(C)(C)C)c3)nc3ccccc3n12. The molecule has 0 radical (unpaired) electrons. The topological polar surface area (TPSA) is 93.4 Å². The number of anilines is 3. The second-order valence-corrected chi connectivity index (χ2v) is 7.69. The number of ether oxygens (including phenoxy) is 1. The predicted octanol–water partition coefficient (Wildman–Crippen LogP) is 4.68. The fraction of sp³-hybridized carbons (Fsp3) is 0.238. The minimum atomic E-state index is -0.563. The van der Waals surface area contributed by atoms with Gasteiger partial charge in [-0.25, -0.2) is 9.78 Å². The van der Waals surface area contributed by atoms with Crippen LogP contribution in [-0.4, -0.2) is 31.3 Å². The van der Waals surface area contributed by atoms with E-state index in [2.05, 4.69) is 20.8 Å². The van der Waals surface area contributed by atoms with Crippen LogP contribution in [0.25, 0.3) is 16.7 Å². The molecule has 8 heteroatoms. The largest absolute Gasteiger partial charge is 0.444 e. The number of hydrogen-bond acceptors (Lipinski definition) is 6. The first-order valence-electron chi connectivity index (χ1n) is 9.28. The van der Waals surface area contributed by atoms with Crippen LogP contribution in [0.3, 0.4) is 0 Å². The average molecular weight is 390 g/mol. The van der Waals surface area contributed by atoms with E-state index >= 15 is 0 Å². The van der Waals surface area contributed by atoms with Gasteiger partial charge in [-0.2, -0.15) is 0 Å². The molecule has 148 valence electrons. The molecule has 0 fully saturated rings. The summed E-state index contributed by atoms with van der Waals surface area (Å²) in [5, 5.41) is 14.5. The number of para-hydroxylation sites is 2. The van der Waals surface area contributed by atoms with Crippen molar-refractivity contribution >= 4 is 40.0 Å². The number of carbonyl (C=O) groups excluding carboxylic acids is 1. The lowest BCUT2D eigenvalue weighted by atomic mass is 10.2. The second kappa shape index (κ2) is 7.05. The summed E-state index contributed by atoms with van der Waals surface area (Å²) in [6.07, 6.45) is -0.506. The van der Waals surface area contributed by atoms with E-state index in [9.17, 15) is 4.79 Å². The zero-order valence-electron chi connectivity index (χ0n) is 16.7. The van der Waals surface area contributed by atoms with Crippen molar-refractivity contribution in [2.24, 2.45) is 0 Å².